The first-order chi connectivity index (χ1) is 12.6. The Bertz CT molecular complexity index is 735. The number of imidazole rings is 1. The summed E-state index contributed by atoms with van der Waals surface area (Å²) in [5.74, 6) is 0.607. The van der Waals surface area contributed by atoms with Gasteiger partial charge in [-0.25, -0.2) is 4.98 Å². The van der Waals surface area contributed by atoms with Gasteiger partial charge < -0.3 is 13.9 Å². The van der Waals surface area contributed by atoms with Crippen LogP contribution in [0.1, 0.15) is 56.6 Å². The Kier molecular flexibility index (Phi) is 5.91. The summed E-state index contributed by atoms with van der Waals surface area (Å²) in [6, 6.07) is 3.53. The van der Waals surface area contributed by atoms with Gasteiger partial charge in [-0.2, -0.15) is 0 Å². The Balaban J connectivity index is 1.75. The molecule has 140 valence electrons. The number of aromatic nitrogens is 2. The van der Waals surface area contributed by atoms with Crippen LogP contribution in [0.3, 0.4) is 0 Å². The maximum atomic E-state index is 12.6. The smallest absolute Gasteiger partial charge is 0.290 e. The van der Waals surface area contributed by atoms with Gasteiger partial charge in [-0.1, -0.05) is 26.2 Å². The number of hydrogen-bond donors (Lipinski definition) is 0. The number of nitrogens with zero attached hydrogens (tertiary/aromatic N) is 3. The van der Waals surface area contributed by atoms with Crippen LogP contribution in [0.15, 0.2) is 35.3 Å². The van der Waals surface area contributed by atoms with E-state index in [2.05, 4.69) is 11.9 Å². The first-order valence-electron chi connectivity index (χ1n) is 9.48. The van der Waals surface area contributed by atoms with E-state index in [0.717, 1.165) is 50.2 Å². The van der Waals surface area contributed by atoms with Crippen molar-refractivity contribution in [3.05, 3.63) is 42.4 Å². The average Bonchev–Trinajstić information content (AvgIpc) is 3.33. The highest BCUT2D eigenvalue weighted by Gasteiger charge is 2.48. The third kappa shape index (κ3) is 3.89. The molecule has 0 spiro atoms. The molecule has 1 aliphatic rings. The molecule has 1 saturated heterocycles. The van der Waals surface area contributed by atoms with Crippen molar-refractivity contribution in [1.29, 1.82) is 0 Å². The molecular weight excluding hydrogens is 330 g/mol. The Labute approximate surface area is 154 Å². The standard InChI is InChI=1S/C20H27N3O3/c1-3-4-5-7-16-18(17-9-8-15(2)26-17)23(20(25)19(16)24)12-6-11-22-13-10-21-14-22/h8-10,13-14,16,18H,3-7,11-12H2,1-2H3. The largest absolute Gasteiger partial charge is 0.464 e. The molecule has 0 saturated carbocycles. The van der Waals surface area contributed by atoms with Gasteiger partial charge in [0.2, 0.25) is 5.78 Å². The highest BCUT2D eigenvalue weighted by atomic mass is 16.3. The van der Waals surface area contributed by atoms with Crippen LogP contribution in [0, 0.1) is 12.8 Å². The monoisotopic (exact) mass is 357 g/mol. The van der Waals surface area contributed by atoms with Crippen molar-refractivity contribution < 1.29 is 14.0 Å². The number of Topliss-reactive ketones (excluding diaryl/α,β-unsaturated/α-hetero) is 1. The second kappa shape index (κ2) is 8.34. The molecule has 0 bridgehead atoms. The second-order valence-electron chi connectivity index (χ2n) is 7.01. The molecule has 26 heavy (non-hydrogen) atoms. The second-order valence-corrected chi connectivity index (χ2v) is 7.01. The van der Waals surface area contributed by atoms with Crippen LogP contribution < -0.4 is 0 Å². The maximum absolute atomic E-state index is 12.6. The molecule has 2 aromatic rings. The van der Waals surface area contributed by atoms with E-state index in [1.807, 2.05) is 29.8 Å². The van der Waals surface area contributed by atoms with E-state index in [0.29, 0.717) is 6.54 Å². The molecule has 1 aliphatic heterocycles. The summed E-state index contributed by atoms with van der Waals surface area (Å²) in [6.07, 6.45) is 10.0. The molecule has 0 aromatic carbocycles. The lowest BCUT2D eigenvalue weighted by molar-refractivity contribution is -0.141. The van der Waals surface area contributed by atoms with E-state index in [-0.39, 0.29) is 23.7 Å². The molecule has 3 rings (SSSR count). The fraction of sp³-hybridized carbons (Fsp3) is 0.550. The van der Waals surface area contributed by atoms with Crippen LogP contribution in [-0.2, 0) is 16.1 Å². The van der Waals surface area contributed by atoms with Crippen molar-refractivity contribution in [2.45, 2.75) is 58.5 Å². The first-order valence-corrected chi connectivity index (χ1v) is 9.48. The zero-order valence-corrected chi connectivity index (χ0v) is 15.6. The molecule has 0 aliphatic carbocycles. The van der Waals surface area contributed by atoms with Crippen molar-refractivity contribution in [3.8, 4) is 0 Å². The minimum atomic E-state index is -0.365. The first kappa shape index (κ1) is 18.4. The predicted molar refractivity (Wildman–Crippen MR) is 97.4 cm³/mol. The molecule has 2 unspecified atom stereocenters. The fourth-order valence-electron chi connectivity index (χ4n) is 3.74. The quantitative estimate of drug-likeness (QED) is 0.509. The lowest BCUT2D eigenvalue weighted by atomic mass is 9.91. The van der Waals surface area contributed by atoms with Gasteiger partial charge >= 0.3 is 0 Å². The van der Waals surface area contributed by atoms with Crippen LogP contribution in [0.25, 0.3) is 0 Å². The summed E-state index contributed by atoms with van der Waals surface area (Å²) in [7, 11) is 0. The van der Waals surface area contributed by atoms with Crippen LogP contribution in [0.4, 0.5) is 0 Å². The van der Waals surface area contributed by atoms with Crippen molar-refractivity contribution in [2.75, 3.05) is 6.54 Å². The Morgan fingerprint density at radius 2 is 2.00 bits per heavy atom. The molecule has 3 heterocycles. The summed E-state index contributed by atoms with van der Waals surface area (Å²) in [5.41, 5.74) is 0. The molecule has 0 radical (unpaired) electrons. The summed E-state index contributed by atoms with van der Waals surface area (Å²) in [5, 5.41) is 0. The minimum Gasteiger partial charge on any atom is -0.464 e. The number of furan rings is 1. The zero-order valence-electron chi connectivity index (χ0n) is 15.6. The van der Waals surface area contributed by atoms with Crippen molar-refractivity contribution in [3.63, 3.8) is 0 Å². The van der Waals surface area contributed by atoms with E-state index in [9.17, 15) is 9.59 Å². The predicted octanol–water partition coefficient (Wildman–Crippen LogP) is 3.52. The molecule has 2 aromatic heterocycles. The van der Waals surface area contributed by atoms with E-state index in [1.165, 1.54) is 0 Å². The van der Waals surface area contributed by atoms with Gasteiger partial charge in [0.15, 0.2) is 0 Å². The van der Waals surface area contributed by atoms with Gasteiger partial charge in [0.1, 0.15) is 17.6 Å². The summed E-state index contributed by atoms with van der Waals surface area (Å²) < 4.78 is 7.80. The van der Waals surface area contributed by atoms with Gasteiger partial charge in [-0.3, -0.25) is 9.59 Å². The SMILES string of the molecule is CCCCCC1C(=O)C(=O)N(CCCn2ccnc2)C1c1ccc(C)o1. The van der Waals surface area contributed by atoms with Crippen molar-refractivity contribution in [1.82, 2.24) is 14.5 Å². The van der Waals surface area contributed by atoms with E-state index in [1.54, 1.807) is 17.4 Å². The van der Waals surface area contributed by atoms with Crippen LogP contribution in [-0.4, -0.2) is 32.7 Å². The van der Waals surface area contributed by atoms with Crippen molar-refractivity contribution >= 4 is 11.7 Å². The number of likely N-dealkylation sites (tertiary alicyclic amines) is 1. The molecular formula is C20H27N3O3. The van der Waals surface area contributed by atoms with Gasteiger partial charge in [0, 0.05) is 25.5 Å². The van der Waals surface area contributed by atoms with Gasteiger partial charge in [-0.15, -0.1) is 0 Å². The Hall–Kier alpha value is -2.37. The third-order valence-electron chi connectivity index (χ3n) is 5.07. The third-order valence-corrected chi connectivity index (χ3v) is 5.07. The van der Waals surface area contributed by atoms with Crippen molar-refractivity contribution in [2.24, 2.45) is 5.92 Å². The molecule has 1 fully saturated rings. The maximum Gasteiger partial charge on any atom is 0.290 e. The fourth-order valence-corrected chi connectivity index (χ4v) is 3.74. The lowest BCUT2D eigenvalue weighted by Crippen LogP contribution is -2.31. The van der Waals surface area contributed by atoms with Gasteiger partial charge in [0.25, 0.3) is 5.91 Å². The lowest BCUT2D eigenvalue weighted by Gasteiger charge is -2.25. The molecule has 1 amide bonds. The van der Waals surface area contributed by atoms with Crippen LogP contribution in [0.5, 0.6) is 0 Å². The van der Waals surface area contributed by atoms with Gasteiger partial charge in [-0.05, 0) is 31.9 Å². The highest BCUT2D eigenvalue weighted by molar-refractivity contribution is 6.39. The average molecular weight is 357 g/mol. The number of rotatable bonds is 9. The molecule has 2 atom stereocenters. The summed E-state index contributed by atoms with van der Waals surface area (Å²) in [6.45, 7) is 5.33. The van der Waals surface area contributed by atoms with E-state index >= 15 is 0 Å². The summed E-state index contributed by atoms with van der Waals surface area (Å²) in [4.78, 5) is 31.0. The Morgan fingerprint density at radius 3 is 2.65 bits per heavy atom. The number of amides is 1. The number of carbonyl (C=O) groups excluding carboxylic acids is 2. The summed E-state index contributed by atoms with van der Waals surface area (Å²) >= 11 is 0. The number of carbonyl (C=O) groups is 2. The minimum absolute atomic E-state index is 0.261. The number of unbranched alkanes of at least 4 members (excludes halogenated alkanes) is 2. The van der Waals surface area contributed by atoms with E-state index < -0.39 is 0 Å². The number of ketones is 1. The zero-order chi connectivity index (χ0) is 18.5. The topological polar surface area (TPSA) is 68.3 Å². The Morgan fingerprint density at radius 1 is 1.15 bits per heavy atom. The van der Waals surface area contributed by atoms with E-state index in [4.69, 9.17) is 4.42 Å². The van der Waals surface area contributed by atoms with Gasteiger partial charge in [0.05, 0.1) is 12.2 Å². The molecule has 6 heteroatoms. The number of hydrogen-bond acceptors (Lipinski definition) is 4. The normalized spacial score (nSPS) is 20.3. The van der Waals surface area contributed by atoms with Crippen LogP contribution >= 0.6 is 0 Å². The molecule has 6 nitrogen and oxygen atoms in total. The van der Waals surface area contributed by atoms with Crippen LogP contribution in [0.2, 0.25) is 0 Å². The number of aryl methyl sites for hydroxylation is 2. The molecule has 0 N–H and O–H groups in total. The highest BCUT2D eigenvalue weighted by Crippen LogP contribution is 2.39.